The van der Waals surface area contributed by atoms with Crippen LogP contribution < -0.4 is 9.64 Å². The Morgan fingerprint density at radius 3 is 2.59 bits per heavy atom. The van der Waals surface area contributed by atoms with E-state index >= 15 is 0 Å². The minimum absolute atomic E-state index is 0.107. The molecule has 6 nitrogen and oxygen atoms in total. The summed E-state index contributed by atoms with van der Waals surface area (Å²) in [7, 11) is 0. The standard InChI is InChI=1S/C18H16Cl2N2O4S/c19-15-9-11(16(20)27-15)17(23)22-10-14(18(24)21-5-7-25-8-6-21)26-13-4-2-1-3-12(13)22/h1-4,9,14H,5-8,10H2. The van der Waals surface area contributed by atoms with Crippen LogP contribution >= 0.6 is 34.5 Å². The van der Waals surface area contributed by atoms with Gasteiger partial charge < -0.3 is 19.3 Å². The minimum atomic E-state index is -0.783. The Hall–Kier alpha value is -1.80. The lowest BCUT2D eigenvalue weighted by molar-refractivity contribution is -0.142. The van der Waals surface area contributed by atoms with Crippen molar-refractivity contribution in [2.45, 2.75) is 6.10 Å². The number of fused-ring (bicyclic) bond motifs is 1. The Labute approximate surface area is 170 Å². The van der Waals surface area contributed by atoms with Crippen molar-refractivity contribution in [2.75, 3.05) is 37.7 Å². The molecule has 0 radical (unpaired) electrons. The molecule has 1 saturated heterocycles. The van der Waals surface area contributed by atoms with Crippen molar-refractivity contribution in [3.05, 3.63) is 44.6 Å². The van der Waals surface area contributed by atoms with Gasteiger partial charge in [0.1, 0.15) is 10.1 Å². The number of para-hydroxylation sites is 2. The first-order chi connectivity index (χ1) is 13.0. The van der Waals surface area contributed by atoms with Gasteiger partial charge in [-0.3, -0.25) is 9.59 Å². The van der Waals surface area contributed by atoms with E-state index in [-0.39, 0.29) is 18.4 Å². The van der Waals surface area contributed by atoms with Gasteiger partial charge in [0.25, 0.3) is 11.8 Å². The first kappa shape index (κ1) is 18.6. The number of thiophene rings is 1. The van der Waals surface area contributed by atoms with Crippen molar-refractivity contribution in [1.82, 2.24) is 4.90 Å². The van der Waals surface area contributed by atoms with Gasteiger partial charge >= 0.3 is 0 Å². The smallest absolute Gasteiger partial charge is 0.265 e. The van der Waals surface area contributed by atoms with Crippen LogP contribution in [0.2, 0.25) is 8.67 Å². The molecule has 0 spiro atoms. The zero-order valence-electron chi connectivity index (χ0n) is 14.2. The van der Waals surface area contributed by atoms with Crippen LogP contribution in [0.25, 0.3) is 0 Å². The monoisotopic (exact) mass is 426 g/mol. The van der Waals surface area contributed by atoms with Gasteiger partial charge in [-0.1, -0.05) is 35.3 Å². The lowest BCUT2D eigenvalue weighted by Crippen LogP contribution is -2.54. The summed E-state index contributed by atoms with van der Waals surface area (Å²) in [5.41, 5.74) is 0.924. The maximum absolute atomic E-state index is 13.1. The Bertz CT molecular complexity index is 882. The molecular formula is C18H16Cl2N2O4S. The van der Waals surface area contributed by atoms with Crippen LogP contribution in [0.3, 0.4) is 0 Å². The molecule has 3 heterocycles. The fourth-order valence-electron chi connectivity index (χ4n) is 3.17. The number of halogens is 2. The van der Waals surface area contributed by atoms with Gasteiger partial charge in [0, 0.05) is 13.1 Å². The van der Waals surface area contributed by atoms with Crippen LogP contribution in [-0.4, -0.2) is 55.7 Å². The highest BCUT2D eigenvalue weighted by molar-refractivity contribution is 7.20. The van der Waals surface area contributed by atoms with Crippen LogP contribution in [0.1, 0.15) is 10.4 Å². The van der Waals surface area contributed by atoms with Gasteiger partial charge in [-0.15, -0.1) is 11.3 Å². The van der Waals surface area contributed by atoms with Gasteiger partial charge in [-0.25, -0.2) is 0 Å². The van der Waals surface area contributed by atoms with Crippen molar-refractivity contribution < 1.29 is 19.1 Å². The van der Waals surface area contributed by atoms with E-state index in [9.17, 15) is 9.59 Å². The van der Waals surface area contributed by atoms with E-state index < -0.39 is 6.10 Å². The molecule has 2 aliphatic heterocycles. The number of carbonyl (C=O) groups is 2. The zero-order chi connectivity index (χ0) is 19.0. The van der Waals surface area contributed by atoms with E-state index in [1.165, 1.54) is 4.90 Å². The maximum Gasteiger partial charge on any atom is 0.265 e. The average molecular weight is 427 g/mol. The summed E-state index contributed by atoms with van der Waals surface area (Å²) in [6.07, 6.45) is -0.783. The van der Waals surface area contributed by atoms with E-state index in [4.69, 9.17) is 32.7 Å². The maximum atomic E-state index is 13.1. The summed E-state index contributed by atoms with van der Waals surface area (Å²) in [5.74, 6) is 0.0277. The lowest BCUT2D eigenvalue weighted by atomic mass is 10.1. The van der Waals surface area contributed by atoms with E-state index in [0.29, 0.717) is 52.0 Å². The highest BCUT2D eigenvalue weighted by atomic mass is 35.5. The van der Waals surface area contributed by atoms with Crippen molar-refractivity contribution >= 4 is 52.0 Å². The van der Waals surface area contributed by atoms with Gasteiger partial charge in [0.05, 0.1) is 35.3 Å². The fraction of sp³-hybridized carbons (Fsp3) is 0.333. The lowest BCUT2D eigenvalue weighted by Gasteiger charge is -2.37. The van der Waals surface area contributed by atoms with Gasteiger partial charge in [0.15, 0.2) is 6.10 Å². The molecule has 2 aromatic rings. The van der Waals surface area contributed by atoms with Gasteiger partial charge in [0.2, 0.25) is 0 Å². The average Bonchev–Trinajstić information content (AvgIpc) is 3.04. The highest BCUT2D eigenvalue weighted by Gasteiger charge is 2.37. The van der Waals surface area contributed by atoms with Crippen LogP contribution in [-0.2, 0) is 9.53 Å². The molecule has 1 aromatic carbocycles. The summed E-state index contributed by atoms with van der Waals surface area (Å²) in [4.78, 5) is 29.3. The first-order valence-electron chi connectivity index (χ1n) is 8.43. The molecule has 1 unspecified atom stereocenters. The normalized spacial score (nSPS) is 19.4. The molecular weight excluding hydrogens is 411 g/mol. The summed E-state index contributed by atoms with van der Waals surface area (Å²) in [6.45, 7) is 2.14. The predicted molar refractivity (Wildman–Crippen MR) is 104 cm³/mol. The molecule has 0 bridgehead atoms. The molecule has 142 valence electrons. The molecule has 27 heavy (non-hydrogen) atoms. The second-order valence-electron chi connectivity index (χ2n) is 6.17. The molecule has 2 aliphatic rings. The molecule has 0 saturated carbocycles. The van der Waals surface area contributed by atoms with Crippen LogP contribution in [0.4, 0.5) is 5.69 Å². The van der Waals surface area contributed by atoms with Crippen LogP contribution in [0.5, 0.6) is 5.75 Å². The second kappa shape index (κ2) is 7.67. The van der Waals surface area contributed by atoms with Gasteiger partial charge in [-0.2, -0.15) is 0 Å². The first-order valence-corrected chi connectivity index (χ1v) is 10.0. The third-order valence-electron chi connectivity index (χ3n) is 4.50. The SMILES string of the molecule is O=C(C1CN(C(=O)c2cc(Cl)sc2Cl)c2ccccc2O1)N1CCOCC1. The largest absolute Gasteiger partial charge is 0.476 e. The number of hydrogen-bond donors (Lipinski definition) is 0. The quantitative estimate of drug-likeness (QED) is 0.738. The summed E-state index contributed by atoms with van der Waals surface area (Å²) < 4.78 is 12.0. The molecule has 2 amide bonds. The highest BCUT2D eigenvalue weighted by Crippen LogP contribution is 2.37. The molecule has 9 heteroatoms. The Morgan fingerprint density at radius 2 is 1.89 bits per heavy atom. The number of carbonyl (C=O) groups excluding carboxylic acids is 2. The zero-order valence-corrected chi connectivity index (χ0v) is 16.5. The third-order valence-corrected chi connectivity index (χ3v) is 5.99. The topological polar surface area (TPSA) is 59.1 Å². The summed E-state index contributed by atoms with van der Waals surface area (Å²) in [5, 5.41) is 0. The van der Waals surface area contributed by atoms with Crippen LogP contribution in [0, 0.1) is 0 Å². The van der Waals surface area contributed by atoms with Gasteiger partial charge in [-0.05, 0) is 18.2 Å². The molecule has 1 atom stereocenters. The Morgan fingerprint density at radius 1 is 1.15 bits per heavy atom. The number of anilines is 1. The summed E-state index contributed by atoms with van der Waals surface area (Å²) >= 11 is 13.3. The molecule has 0 N–H and O–H groups in total. The second-order valence-corrected chi connectivity index (χ2v) is 8.45. The molecule has 4 rings (SSSR count). The number of hydrogen-bond acceptors (Lipinski definition) is 5. The predicted octanol–water partition coefficient (Wildman–Crippen LogP) is 3.32. The molecule has 1 fully saturated rings. The molecule has 0 aliphatic carbocycles. The molecule has 1 aromatic heterocycles. The Balaban J connectivity index is 1.65. The Kier molecular flexibility index (Phi) is 5.27. The number of ether oxygens (including phenoxy) is 2. The van der Waals surface area contributed by atoms with E-state index in [0.717, 1.165) is 11.3 Å². The van der Waals surface area contributed by atoms with Crippen molar-refractivity contribution in [3.8, 4) is 5.75 Å². The van der Waals surface area contributed by atoms with Crippen molar-refractivity contribution in [3.63, 3.8) is 0 Å². The fourth-order valence-corrected chi connectivity index (χ4v) is 4.62. The number of morpholine rings is 1. The van der Waals surface area contributed by atoms with Crippen molar-refractivity contribution in [1.29, 1.82) is 0 Å². The number of amides is 2. The van der Waals surface area contributed by atoms with Crippen LogP contribution in [0.15, 0.2) is 30.3 Å². The number of rotatable bonds is 2. The summed E-state index contributed by atoms with van der Waals surface area (Å²) in [6, 6.07) is 8.70. The minimum Gasteiger partial charge on any atom is -0.476 e. The third kappa shape index (κ3) is 3.65. The number of benzene rings is 1. The van der Waals surface area contributed by atoms with E-state index in [1.54, 1.807) is 29.2 Å². The van der Waals surface area contributed by atoms with E-state index in [1.807, 2.05) is 6.07 Å². The number of nitrogens with zero attached hydrogens (tertiary/aromatic N) is 2. The van der Waals surface area contributed by atoms with Crippen molar-refractivity contribution in [2.24, 2.45) is 0 Å². The van der Waals surface area contributed by atoms with E-state index in [2.05, 4.69) is 0 Å².